The van der Waals surface area contributed by atoms with Crippen LogP contribution >= 0.6 is 11.3 Å². The van der Waals surface area contributed by atoms with Gasteiger partial charge in [0.2, 0.25) is 0 Å². The van der Waals surface area contributed by atoms with E-state index in [1.165, 1.54) is 4.88 Å². The van der Waals surface area contributed by atoms with Gasteiger partial charge in [-0.3, -0.25) is 0 Å². The minimum atomic E-state index is 0.147. The Labute approximate surface area is 111 Å². The molecule has 1 aromatic heterocycles. The third-order valence-corrected chi connectivity index (χ3v) is 4.09. The lowest BCUT2D eigenvalue weighted by molar-refractivity contribution is 0.299. The summed E-state index contributed by atoms with van der Waals surface area (Å²) in [5.74, 6) is 0.900. The smallest absolute Gasteiger partial charge is 0.121 e. The van der Waals surface area contributed by atoms with Crippen LogP contribution < -0.4 is 4.74 Å². The molecule has 1 aromatic carbocycles. The van der Waals surface area contributed by atoms with E-state index in [4.69, 9.17) is 9.84 Å². The van der Waals surface area contributed by atoms with Crippen molar-refractivity contribution in [1.29, 1.82) is 0 Å². The average molecular weight is 263 g/mol. The molecule has 0 aliphatic rings. The molecule has 0 saturated carbocycles. The van der Waals surface area contributed by atoms with Gasteiger partial charge in [0.05, 0.1) is 22.7 Å². The van der Waals surface area contributed by atoms with Crippen molar-refractivity contribution in [3.8, 4) is 16.2 Å². The van der Waals surface area contributed by atoms with E-state index in [-0.39, 0.29) is 6.61 Å². The highest BCUT2D eigenvalue weighted by atomic mass is 32.1. The summed E-state index contributed by atoms with van der Waals surface area (Å²) in [4.78, 5) is 5.65. The molecule has 0 aliphatic heterocycles. The summed E-state index contributed by atoms with van der Waals surface area (Å²) in [5, 5.41) is 9.94. The molecule has 0 spiro atoms. The molecule has 18 heavy (non-hydrogen) atoms. The molecule has 0 bridgehead atoms. The Bertz CT molecular complexity index is 549. The molecular weight excluding hydrogens is 246 g/mol. The molecule has 4 heteroatoms. The average Bonchev–Trinajstić information content (AvgIpc) is 2.71. The fraction of sp³-hybridized carbons (Fsp3) is 0.357. The fourth-order valence-corrected chi connectivity index (χ4v) is 2.99. The van der Waals surface area contributed by atoms with Crippen molar-refractivity contribution in [3.05, 3.63) is 34.5 Å². The van der Waals surface area contributed by atoms with E-state index >= 15 is 0 Å². The standard InChI is InChI=1S/C14H17NO2S/c1-9-8-11(4-5-12(9)17-3)14-10(2)15-13(18-14)6-7-16/h4-5,8,16H,6-7H2,1-3H3. The number of aromatic nitrogens is 1. The first kappa shape index (κ1) is 13.1. The number of hydrogen-bond acceptors (Lipinski definition) is 4. The fourth-order valence-electron chi connectivity index (χ4n) is 1.94. The lowest BCUT2D eigenvalue weighted by Crippen LogP contribution is -1.88. The van der Waals surface area contributed by atoms with Crippen LogP contribution in [0.4, 0.5) is 0 Å². The Morgan fingerprint density at radius 2 is 2.11 bits per heavy atom. The molecule has 0 radical (unpaired) electrons. The SMILES string of the molecule is COc1ccc(-c2sc(CCO)nc2C)cc1C. The summed E-state index contributed by atoms with van der Waals surface area (Å²) in [6, 6.07) is 6.15. The number of aliphatic hydroxyl groups excluding tert-OH is 1. The lowest BCUT2D eigenvalue weighted by atomic mass is 10.1. The third-order valence-electron chi connectivity index (χ3n) is 2.82. The van der Waals surface area contributed by atoms with E-state index in [1.807, 2.05) is 19.9 Å². The zero-order valence-corrected chi connectivity index (χ0v) is 11.7. The molecule has 96 valence electrons. The van der Waals surface area contributed by atoms with E-state index in [9.17, 15) is 0 Å². The maximum absolute atomic E-state index is 8.95. The number of benzene rings is 1. The summed E-state index contributed by atoms with van der Waals surface area (Å²) in [7, 11) is 1.68. The first-order valence-corrected chi connectivity index (χ1v) is 6.69. The van der Waals surface area contributed by atoms with Gasteiger partial charge in [0.1, 0.15) is 5.75 Å². The van der Waals surface area contributed by atoms with Gasteiger partial charge in [0.15, 0.2) is 0 Å². The van der Waals surface area contributed by atoms with Crippen LogP contribution in [-0.2, 0) is 6.42 Å². The van der Waals surface area contributed by atoms with Crippen molar-refractivity contribution < 1.29 is 9.84 Å². The molecule has 0 atom stereocenters. The molecule has 2 aromatic rings. The van der Waals surface area contributed by atoms with Crippen molar-refractivity contribution in [2.75, 3.05) is 13.7 Å². The van der Waals surface area contributed by atoms with E-state index in [0.717, 1.165) is 27.6 Å². The number of rotatable bonds is 4. The second-order valence-electron chi connectivity index (χ2n) is 4.18. The Balaban J connectivity index is 2.39. The van der Waals surface area contributed by atoms with Gasteiger partial charge in [-0.1, -0.05) is 0 Å². The molecule has 2 rings (SSSR count). The maximum Gasteiger partial charge on any atom is 0.121 e. The minimum absolute atomic E-state index is 0.147. The predicted octanol–water partition coefficient (Wildman–Crippen LogP) is 2.97. The number of methoxy groups -OCH3 is 1. The van der Waals surface area contributed by atoms with Crippen LogP contribution in [0.5, 0.6) is 5.75 Å². The zero-order valence-electron chi connectivity index (χ0n) is 10.9. The quantitative estimate of drug-likeness (QED) is 0.922. The summed E-state index contributed by atoms with van der Waals surface area (Å²) in [6.45, 7) is 4.19. The summed E-state index contributed by atoms with van der Waals surface area (Å²) >= 11 is 1.65. The Kier molecular flexibility index (Phi) is 3.99. The summed E-state index contributed by atoms with van der Waals surface area (Å²) < 4.78 is 5.26. The van der Waals surface area contributed by atoms with Gasteiger partial charge < -0.3 is 9.84 Å². The van der Waals surface area contributed by atoms with Crippen LogP contribution in [-0.4, -0.2) is 23.8 Å². The summed E-state index contributed by atoms with van der Waals surface area (Å²) in [5.41, 5.74) is 3.30. The monoisotopic (exact) mass is 263 g/mol. The van der Waals surface area contributed by atoms with Crippen molar-refractivity contribution in [2.24, 2.45) is 0 Å². The van der Waals surface area contributed by atoms with E-state index < -0.39 is 0 Å². The van der Waals surface area contributed by atoms with Gasteiger partial charge in [0.25, 0.3) is 0 Å². The highest BCUT2D eigenvalue weighted by molar-refractivity contribution is 7.15. The lowest BCUT2D eigenvalue weighted by Gasteiger charge is -2.06. The van der Waals surface area contributed by atoms with Gasteiger partial charge in [-0.2, -0.15) is 0 Å². The topological polar surface area (TPSA) is 42.4 Å². The van der Waals surface area contributed by atoms with Crippen LogP contribution in [0.2, 0.25) is 0 Å². The number of ether oxygens (including phenoxy) is 1. The number of hydrogen-bond donors (Lipinski definition) is 1. The van der Waals surface area contributed by atoms with E-state index in [1.54, 1.807) is 18.4 Å². The molecule has 0 fully saturated rings. The molecule has 1 heterocycles. The normalized spacial score (nSPS) is 10.7. The van der Waals surface area contributed by atoms with Crippen molar-refractivity contribution in [2.45, 2.75) is 20.3 Å². The Morgan fingerprint density at radius 3 is 2.72 bits per heavy atom. The van der Waals surface area contributed by atoms with Crippen LogP contribution in [0.3, 0.4) is 0 Å². The van der Waals surface area contributed by atoms with Gasteiger partial charge in [-0.15, -0.1) is 11.3 Å². The second kappa shape index (κ2) is 5.50. The maximum atomic E-state index is 8.95. The molecule has 0 amide bonds. The molecule has 3 nitrogen and oxygen atoms in total. The highest BCUT2D eigenvalue weighted by Gasteiger charge is 2.10. The van der Waals surface area contributed by atoms with Crippen LogP contribution in [0, 0.1) is 13.8 Å². The van der Waals surface area contributed by atoms with Gasteiger partial charge in [-0.05, 0) is 43.2 Å². The Morgan fingerprint density at radius 1 is 1.33 bits per heavy atom. The number of thiazole rings is 1. The number of aryl methyl sites for hydroxylation is 2. The van der Waals surface area contributed by atoms with Gasteiger partial charge >= 0.3 is 0 Å². The van der Waals surface area contributed by atoms with Crippen molar-refractivity contribution >= 4 is 11.3 Å². The van der Waals surface area contributed by atoms with Crippen LogP contribution in [0.1, 0.15) is 16.3 Å². The van der Waals surface area contributed by atoms with Crippen molar-refractivity contribution in [3.63, 3.8) is 0 Å². The third kappa shape index (κ3) is 2.54. The largest absolute Gasteiger partial charge is 0.496 e. The minimum Gasteiger partial charge on any atom is -0.496 e. The molecule has 1 N–H and O–H groups in total. The molecular formula is C14H17NO2S. The van der Waals surface area contributed by atoms with Crippen LogP contribution in [0.15, 0.2) is 18.2 Å². The highest BCUT2D eigenvalue weighted by Crippen LogP contribution is 2.32. The molecule has 0 saturated heterocycles. The number of aliphatic hydroxyl groups is 1. The zero-order chi connectivity index (χ0) is 13.1. The van der Waals surface area contributed by atoms with Gasteiger partial charge in [0, 0.05) is 13.0 Å². The first-order valence-electron chi connectivity index (χ1n) is 5.88. The van der Waals surface area contributed by atoms with E-state index in [0.29, 0.717) is 6.42 Å². The van der Waals surface area contributed by atoms with E-state index in [2.05, 4.69) is 17.1 Å². The molecule has 0 aliphatic carbocycles. The second-order valence-corrected chi connectivity index (χ2v) is 5.26. The predicted molar refractivity (Wildman–Crippen MR) is 74.4 cm³/mol. The van der Waals surface area contributed by atoms with Gasteiger partial charge in [-0.25, -0.2) is 4.98 Å². The molecule has 0 unspecified atom stereocenters. The van der Waals surface area contributed by atoms with Crippen molar-refractivity contribution in [1.82, 2.24) is 4.98 Å². The summed E-state index contributed by atoms with van der Waals surface area (Å²) in [6.07, 6.45) is 0.626. The number of nitrogens with zero attached hydrogens (tertiary/aromatic N) is 1. The van der Waals surface area contributed by atoms with Crippen LogP contribution in [0.25, 0.3) is 10.4 Å². The Hall–Kier alpha value is -1.39. The first-order chi connectivity index (χ1) is 8.65.